The van der Waals surface area contributed by atoms with Crippen molar-refractivity contribution in [2.75, 3.05) is 33.4 Å². The van der Waals surface area contributed by atoms with Crippen molar-refractivity contribution in [3.63, 3.8) is 0 Å². The van der Waals surface area contributed by atoms with Gasteiger partial charge in [-0.2, -0.15) is 0 Å². The van der Waals surface area contributed by atoms with Crippen LogP contribution in [0.1, 0.15) is 49.5 Å². The van der Waals surface area contributed by atoms with E-state index in [1.54, 1.807) is 25.1 Å². The normalized spacial score (nSPS) is 11.1. The van der Waals surface area contributed by atoms with E-state index in [0.717, 1.165) is 5.56 Å². The number of ether oxygens (including phenoxy) is 6. The predicted octanol–water partition coefficient (Wildman–Crippen LogP) is 4.29. The maximum absolute atomic E-state index is 12.1. The zero-order chi connectivity index (χ0) is 36.1. The second-order valence-corrected chi connectivity index (χ2v) is 11.5. The van der Waals surface area contributed by atoms with Gasteiger partial charge in [0.15, 0.2) is 19.4 Å². The van der Waals surface area contributed by atoms with E-state index in [9.17, 15) is 24.3 Å². The molecule has 0 aliphatic heterocycles. The summed E-state index contributed by atoms with van der Waals surface area (Å²) in [7, 11) is 0. The van der Waals surface area contributed by atoms with Gasteiger partial charge in [0.2, 0.25) is 0 Å². The van der Waals surface area contributed by atoms with Gasteiger partial charge in [-0.1, -0.05) is 24.8 Å². The molecule has 1 heterocycles. The van der Waals surface area contributed by atoms with E-state index in [0.29, 0.717) is 45.8 Å². The van der Waals surface area contributed by atoms with Gasteiger partial charge >= 0.3 is 17.9 Å². The SMILES string of the molecule is C=C(C)C(=O)OCCc1ccc(OCOCOC(=O)CCC(=O)OCCOc2ccc(C(=O)C(C)(C)O)cc2)c(-n2nc3ccccc3n2)c1. The van der Waals surface area contributed by atoms with Crippen LogP contribution in [0, 0.1) is 0 Å². The van der Waals surface area contributed by atoms with Crippen LogP contribution in [0.15, 0.2) is 78.9 Å². The summed E-state index contributed by atoms with van der Waals surface area (Å²) in [5.74, 6) is -1.30. The first-order chi connectivity index (χ1) is 23.9. The number of carbonyl (C=O) groups excluding carboxylic acids is 4. The number of esters is 3. The zero-order valence-corrected chi connectivity index (χ0v) is 28.1. The number of fused-ring (bicyclic) bond motifs is 1. The van der Waals surface area contributed by atoms with Gasteiger partial charge in [0.1, 0.15) is 47.0 Å². The van der Waals surface area contributed by atoms with Crippen LogP contribution in [0.3, 0.4) is 0 Å². The molecular formula is C36H39N3O11. The van der Waals surface area contributed by atoms with Crippen molar-refractivity contribution < 1.29 is 52.7 Å². The predicted molar refractivity (Wildman–Crippen MR) is 179 cm³/mol. The maximum atomic E-state index is 12.1. The summed E-state index contributed by atoms with van der Waals surface area (Å²) in [5, 5.41) is 18.9. The topological polar surface area (TPSA) is 175 Å². The molecule has 14 heteroatoms. The molecular weight excluding hydrogens is 650 g/mol. The number of ketones is 1. The molecule has 0 radical (unpaired) electrons. The van der Waals surface area contributed by atoms with Gasteiger partial charge in [-0.25, -0.2) is 4.79 Å². The highest BCUT2D eigenvalue weighted by Gasteiger charge is 2.25. The fourth-order valence-corrected chi connectivity index (χ4v) is 4.31. The van der Waals surface area contributed by atoms with Crippen LogP contribution < -0.4 is 9.47 Å². The van der Waals surface area contributed by atoms with Crippen LogP contribution in [-0.4, -0.2) is 82.8 Å². The summed E-state index contributed by atoms with van der Waals surface area (Å²) in [5.41, 5.74) is 1.91. The molecule has 14 nitrogen and oxygen atoms in total. The monoisotopic (exact) mass is 689 g/mol. The van der Waals surface area contributed by atoms with Crippen LogP contribution >= 0.6 is 0 Å². The number of carbonyl (C=O) groups is 4. The molecule has 4 rings (SSSR count). The van der Waals surface area contributed by atoms with E-state index in [1.807, 2.05) is 36.4 Å². The third kappa shape index (κ3) is 11.2. The Morgan fingerprint density at radius 1 is 0.800 bits per heavy atom. The third-order valence-electron chi connectivity index (χ3n) is 6.92. The minimum Gasteiger partial charge on any atom is -0.490 e. The van der Waals surface area contributed by atoms with Gasteiger partial charge in [-0.15, -0.1) is 15.0 Å². The largest absolute Gasteiger partial charge is 0.490 e. The van der Waals surface area contributed by atoms with Crippen LogP contribution in [0.5, 0.6) is 11.5 Å². The molecule has 0 bridgehead atoms. The summed E-state index contributed by atoms with van der Waals surface area (Å²) >= 11 is 0. The summed E-state index contributed by atoms with van der Waals surface area (Å²) in [6.07, 6.45) is 0.0215. The average molecular weight is 690 g/mol. The molecule has 0 saturated carbocycles. The zero-order valence-electron chi connectivity index (χ0n) is 28.1. The van der Waals surface area contributed by atoms with Gasteiger partial charge in [0.05, 0.1) is 19.4 Å². The van der Waals surface area contributed by atoms with Gasteiger partial charge in [0, 0.05) is 17.6 Å². The number of hydrogen-bond acceptors (Lipinski definition) is 13. The molecule has 0 amide bonds. The highest BCUT2D eigenvalue weighted by molar-refractivity contribution is 6.01. The lowest BCUT2D eigenvalue weighted by molar-refractivity contribution is -0.164. The lowest BCUT2D eigenvalue weighted by Gasteiger charge is -2.15. The molecule has 50 heavy (non-hydrogen) atoms. The second kappa shape index (κ2) is 17.7. The fraction of sp³-hybridized carbons (Fsp3) is 0.333. The minimum absolute atomic E-state index is 0.0474. The van der Waals surface area contributed by atoms with Crippen LogP contribution in [0.25, 0.3) is 16.7 Å². The van der Waals surface area contributed by atoms with Crippen LogP contribution in [-0.2, 0) is 39.8 Å². The Morgan fingerprint density at radius 3 is 2.10 bits per heavy atom. The molecule has 0 aliphatic rings. The summed E-state index contributed by atoms with van der Waals surface area (Å²) in [6.45, 7) is 7.48. The maximum Gasteiger partial charge on any atom is 0.333 e. The lowest BCUT2D eigenvalue weighted by atomic mass is 9.97. The molecule has 1 N–H and O–H groups in total. The molecule has 0 unspecified atom stereocenters. The number of aromatic nitrogens is 3. The Bertz CT molecular complexity index is 1780. The number of rotatable bonds is 19. The van der Waals surface area contributed by atoms with Gasteiger partial charge in [-0.3, -0.25) is 14.4 Å². The van der Waals surface area contributed by atoms with Crippen molar-refractivity contribution in [1.29, 1.82) is 0 Å². The van der Waals surface area contributed by atoms with Crippen molar-refractivity contribution in [1.82, 2.24) is 15.0 Å². The van der Waals surface area contributed by atoms with Gasteiger partial charge < -0.3 is 33.5 Å². The number of benzene rings is 3. The number of aliphatic hydroxyl groups is 1. The van der Waals surface area contributed by atoms with E-state index in [1.165, 1.54) is 30.8 Å². The first-order valence-corrected chi connectivity index (χ1v) is 15.7. The fourth-order valence-electron chi connectivity index (χ4n) is 4.31. The molecule has 3 aromatic carbocycles. The van der Waals surface area contributed by atoms with Gasteiger partial charge in [-0.05, 0) is 74.9 Å². The molecule has 0 saturated heterocycles. The Kier molecular flexibility index (Phi) is 13.2. The van der Waals surface area contributed by atoms with Gasteiger partial charge in [0.25, 0.3) is 0 Å². The summed E-state index contributed by atoms with van der Waals surface area (Å²) < 4.78 is 31.9. The van der Waals surface area contributed by atoms with E-state index in [-0.39, 0.29) is 39.5 Å². The van der Waals surface area contributed by atoms with Crippen LogP contribution in [0.2, 0.25) is 0 Å². The van der Waals surface area contributed by atoms with Crippen molar-refractivity contribution in [2.45, 2.75) is 45.6 Å². The van der Waals surface area contributed by atoms with Crippen LogP contribution in [0.4, 0.5) is 0 Å². The molecule has 0 aliphatic carbocycles. The van der Waals surface area contributed by atoms with Crippen molar-refractivity contribution in [3.05, 3.63) is 90.0 Å². The Labute approximate surface area is 288 Å². The lowest BCUT2D eigenvalue weighted by Crippen LogP contribution is -2.30. The highest BCUT2D eigenvalue weighted by Crippen LogP contribution is 2.25. The first kappa shape index (κ1) is 37.2. The van der Waals surface area contributed by atoms with E-state index >= 15 is 0 Å². The second-order valence-electron chi connectivity index (χ2n) is 11.5. The highest BCUT2D eigenvalue weighted by atomic mass is 16.7. The van der Waals surface area contributed by atoms with E-state index in [4.69, 9.17) is 28.4 Å². The molecule has 1 aromatic heterocycles. The van der Waals surface area contributed by atoms with Crippen molar-refractivity contribution in [2.24, 2.45) is 0 Å². The molecule has 0 spiro atoms. The molecule has 0 atom stereocenters. The standard InChI is InChI=1S/C36H39N3O11/c1-24(2)35(43)48-18-17-25-9-14-31(30(21-25)39-37-28-7-5-6-8-29(28)38-39)49-22-45-23-50-33(41)16-15-32(40)47-20-19-46-27-12-10-26(11-13-27)34(42)36(3,4)44/h5-14,21,44H,1,15-20,22-23H2,2-4H3. The minimum atomic E-state index is -1.48. The number of Topliss-reactive ketones (excluding diaryl/α,β-unsaturated/α-hetero) is 1. The number of nitrogens with zero attached hydrogens (tertiary/aromatic N) is 3. The quantitative estimate of drug-likeness (QED) is 0.0369. The van der Waals surface area contributed by atoms with Crippen molar-refractivity contribution in [3.8, 4) is 17.2 Å². The number of hydrogen-bond donors (Lipinski definition) is 1. The van der Waals surface area contributed by atoms with Crippen molar-refractivity contribution >= 4 is 34.7 Å². The molecule has 0 fully saturated rings. The Morgan fingerprint density at radius 2 is 1.46 bits per heavy atom. The third-order valence-corrected chi connectivity index (χ3v) is 6.92. The average Bonchev–Trinajstić information content (AvgIpc) is 3.53. The molecule has 264 valence electrons. The van der Waals surface area contributed by atoms with E-state index in [2.05, 4.69) is 16.8 Å². The Balaban J connectivity index is 1.16. The summed E-state index contributed by atoms with van der Waals surface area (Å²) in [4.78, 5) is 49.4. The van der Waals surface area contributed by atoms with E-state index < -0.39 is 36.1 Å². The Hall–Kier alpha value is -5.60. The smallest absolute Gasteiger partial charge is 0.333 e. The first-order valence-electron chi connectivity index (χ1n) is 15.7. The molecule has 4 aromatic rings. The summed E-state index contributed by atoms with van der Waals surface area (Å²) in [6, 6.07) is 18.9.